The molecule has 0 bridgehead atoms. The molecule has 4 rings (SSSR count). The summed E-state index contributed by atoms with van der Waals surface area (Å²) in [6.45, 7) is 1.13. The number of esters is 1. The predicted octanol–water partition coefficient (Wildman–Crippen LogP) is 3.74. The largest absolute Gasteiger partial charge is 0.482 e. The maximum absolute atomic E-state index is 13.2. The highest BCUT2D eigenvalue weighted by Crippen LogP contribution is 2.28. The summed E-state index contributed by atoms with van der Waals surface area (Å²) in [5, 5.41) is 7.15. The van der Waals surface area contributed by atoms with Gasteiger partial charge in [0.1, 0.15) is 16.7 Å². The molecule has 2 heterocycles. The van der Waals surface area contributed by atoms with Gasteiger partial charge in [0.05, 0.1) is 17.1 Å². The summed E-state index contributed by atoms with van der Waals surface area (Å²) >= 11 is 6.37. The summed E-state index contributed by atoms with van der Waals surface area (Å²) in [7, 11) is 0. The van der Waals surface area contributed by atoms with Gasteiger partial charge in [-0.05, 0) is 55.5 Å². The van der Waals surface area contributed by atoms with Crippen LogP contribution in [0.1, 0.15) is 21.6 Å². The van der Waals surface area contributed by atoms with Crippen LogP contribution in [0.4, 0.5) is 10.1 Å². The molecule has 1 aliphatic heterocycles. The molecule has 10 heteroatoms. The maximum Gasteiger partial charge on any atom is 0.331 e. The van der Waals surface area contributed by atoms with Crippen molar-refractivity contribution in [2.75, 3.05) is 18.5 Å². The van der Waals surface area contributed by atoms with Crippen molar-refractivity contribution in [3.8, 4) is 11.4 Å². The molecule has 0 aliphatic carbocycles. The number of nitrogens with one attached hydrogen (secondary N) is 1. The van der Waals surface area contributed by atoms with Crippen molar-refractivity contribution in [1.29, 1.82) is 0 Å². The molecular formula is C23H17ClFN3O5. The second kappa shape index (κ2) is 9.25. The monoisotopic (exact) mass is 469 g/mol. The van der Waals surface area contributed by atoms with Crippen molar-refractivity contribution in [1.82, 2.24) is 9.78 Å². The normalized spacial score (nSPS) is 12.8. The van der Waals surface area contributed by atoms with E-state index >= 15 is 0 Å². The smallest absolute Gasteiger partial charge is 0.331 e. The van der Waals surface area contributed by atoms with Crippen molar-refractivity contribution in [3.05, 3.63) is 76.3 Å². The number of carbonyl (C=O) groups excluding carboxylic acids is 3. The Morgan fingerprint density at radius 2 is 2.03 bits per heavy atom. The Bertz CT molecular complexity index is 1280. The van der Waals surface area contributed by atoms with Crippen molar-refractivity contribution < 1.29 is 28.2 Å². The minimum Gasteiger partial charge on any atom is -0.482 e. The Hall–Kier alpha value is -3.98. The first-order chi connectivity index (χ1) is 15.8. The van der Waals surface area contributed by atoms with Crippen molar-refractivity contribution in [2.45, 2.75) is 6.92 Å². The predicted molar refractivity (Wildman–Crippen MR) is 118 cm³/mol. The fourth-order valence-corrected chi connectivity index (χ4v) is 3.47. The lowest BCUT2D eigenvalue weighted by atomic mass is 10.1. The number of carbonyl (C=O) groups is 3. The van der Waals surface area contributed by atoms with E-state index in [4.69, 9.17) is 21.1 Å². The van der Waals surface area contributed by atoms with E-state index < -0.39 is 18.4 Å². The first-order valence-corrected chi connectivity index (χ1v) is 10.2. The number of benzene rings is 2. The molecule has 0 spiro atoms. The van der Waals surface area contributed by atoms with Gasteiger partial charge in [0, 0.05) is 17.2 Å². The van der Waals surface area contributed by atoms with Crippen LogP contribution in [0.15, 0.2) is 48.5 Å². The molecule has 168 valence electrons. The quantitative estimate of drug-likeness (QED) is 0.335. The molecule has 0 fully saturated rings. The Morgan fingerprint density at radius 1 is 1.27 bits per heavy atom. The highest BCUT2D eigenvalue weighted by atomic mass is 35.5. The first-order valence-electron chi connectivity index (χ1n) is 9.77. The van der Waals surface area contributed by atoms with Gasteiger partial charge in [-0.1, -0.05) is 11.6 Å². The molecule has 2 aromatic carbocycles. The molecule has 33 heavy (non-hydrogen) atoms. The fourth-order valence-electron chi connectivity index (χ4n) is 3.13. The van der Waals surface area contributed by atoms with Crippen LogP contribution in [0.5, 0.6) is 5.75 Å². The lowest BCUT2D eigenvalue weighted by Gasteiger charge is -2.18. The summed E-state index contributed by atoms with van der Waals surface area (Å²) in [6, 6.07) is 10.2. The Labute approximate surface area is 192 Å². The van der Waals surface area contributed by atoms with Gasteiger partial charge in [0.25, 0.3) is 5.91 Å². The second-order valence-corrected chi connectivity index (χ2v) is 7.45. The molecule has 0 saturated carbocycles. The lowest BCUT2D eigenvalue weighted by Crippen LogP contribution is -2.25. The highest BCUT2D eigenvalue weighted by Gasteiger charge is 2.18. The molecule has 8 nitrogen and oxygen atoms in total. The van der Waals surface area contributed by atoms with Gasteiger partial charge in [-0.2, -0.15) is 5.10 Å². The van der Waals surface area contributed by atoms with E-state index in [1.165, 1.54) is 47.2 Å². The second-order valence-electron chi connectivity index (χ2n) is 7.09. The molecular weight excluding hydrogens is 453 g/mol. The first kappa shape index (κ1) is 22.2. The number of hydrogen-bond acceptors (Lipinski definition) is 6. The number of rotatable bonds is 6. The molecule has 1 aliphatic rings. The number of amides is 1. The number of halogens is 2. The summed E-state index contributed by atoms with van der Waals surface area (Å²) in [5.74, 6) is -1.44. The van der Waals surface area contributed by atoms with E-state index in [2.05, 4.69) is 10.4 Å². The van der Waals surface area contributed by atoms with E-state index in [0.29, 0.717) is 28.4 Å². The van der Waals surface area contributed by atoms with Crippen LogP contribution in [0.2, 0.25) is 5.15 Å². The number of Topliss-reactive ketones (excluding diaryl/α,β-unsaturated/α-hetero) is 1. The van der Waals surface area contributed by atoms with Crippen LogP contribution >= 0.6 is 11.6 Å². The number of anilines is 1. The number of hydrogen-bond donors (Lipinski definition) is 1. The Balaban J connectivity index is 1.40. The van der Waals surface area contributed by atoms with Gasteiger partial charge in [-0.25, -0.2) is 13.9 Å². The van der Waals surface area contributed by atoms with Crippen molar-refractivity contribution >= 4 is 41.0 Å². The average Bonchev–Trinajstić information content (AvgIpc) is 3.09. The summed E-state index contributed by atoms with van der Waals surface area (Å²) < 4.78 is 24.8. The third kappa shape index (κ3) is 4.93. The molecule has 0 unspecified atom stereocenters. The SMILES string of the molecule is Cc1nn(-c2ccc(F)cc2)c(Cl)c1/C=C/C(=O)OCC(=O)c1ccc2c(c1)NC(=O)CO2. The van der Waals surface area contributed by atoms with Gasteiger partial charge in [0.15, 0.2) is 19.0 Å². The topological polar surface area (TPSA) is 99.5 Å². The van der Waals surface area contributed by atoms with Crippen LogP contribution in [0, 0.1) is 12.7 Å². The van der Waals surface area contributed by atoms with E-state index in [9.17, 15) is 18.8 Å². The van der Waals surface area contributed by atoms with Crippen LogP contribution in [0.25, 0.3) is 11.8 Å². The zero-order chi connectivity index (χ0) is 23.5. The number of aromatic nitrogens is 2. The number of ether oxygens (including phenoxy) is 2. The molecule has 0 saturated heterocycles. The Morgan fingerprint density at radius 3 is 2.79 bits per heavy atom. The lowest BCUT2D eigenvalue weighted by molar-refractivity contribution is -0.136. The molecule has 1 N–H and O–H groups in total. The van der Waals surface area contributed by atoms with Gasteiger partial charge in [0.2, 0.25) is 0 Å². The Kier molecular flexibility index (Phi) is 6.23. The minimum absolute atomic E-state index is 0.0868. The van der Waals surface area contributed by atoms with Gasteiger partial charge < -0.3 is 14.8 Å². The van der Waals surface area contributed by atoms with Crippen LogP contribution < -0.4 is 10.1 Å². The van der Waals surface area contributed by atoms with Gasteiger partial charge >= 0.3 is 5.97 Å². The van der Waals surface area contributed by atoms with Crippen LogP contribution in [-0.4, -0.2) is 40.7 Å². The van der Waals surface area contributed by atoms with Gasteiger partial charge in [-0.15, -0.1) is 0 Å². The van der Waals surface area contributed by atoms with Gasteiger partial charge in [-0.3, -0.25) is 9.59 Å². The molecule has 1 aromatic heterocycles. The molecule has 0 radical (unpaired) electrons. The zero-order valence-corrected chi connectivity index (χ0v) is 18.1. The van der Waals surface area contributed by atoms with Crippen LogP contribution in [-0.2, 0) is 14.3 Å². The van der Waals surface area contributed by atoms with Crippen molar-refractivity contribution in [2.24, 2.45) is 0 Å². The molecule has 1 amide bonds. The minimum atomic E-state index is -0.747. The van der Waals surface area contributed by atoms with E-state index in [0.717, 1.165) is 6.08 Å². The number of ketones is 1. The standard InChI is InChI=1S/C23H17ClFN3O5/c1-13-17(23(24)28(27-13)16-5-3-15(25)4-6-16)7-9-22(31)33-11-19(29)14-2-8-20-18(10-14)26-21(30)12-32-20/h2-10H,11-12H2,1H3,(H,26,30)/b9-7+. The van der Waals surface area contributed by atoms with E-state index in [1.54, 1.807) is 13.0 Å². The van der Waals surface area contributed by atoms with Crippen LogP contribution in [0.3, 0.4) is 0 Å². The fraction of sp³-hybridized carbons (Fsp3) is 0.130. The maximum atomic E-state index is 13.2. The highest BCUT2D eigenvalue weighted by molar-refractivity contribution is 6.31. The average molecular weight is 470 g/mol. The molecule has 3 aromatic rings. The number of fused-ring (bicyclic) bond motifs is 1. The number of aryl methyl sites for hydroxylation is 1. The molecule has 0 atom stereocenters. The van der Waals surface area contributed by atoms with E-state index in [1.807, 2.05) is 0 Å². The third-order valence-electron chi connectivity index (χ3n) is 4.79. The summed E-state index contributed by atoms with van der Waals surface area (Å²) in [5.41, 5.74) is 2.23. The van der Waals surface area contributed by atoms with E-state index in [-0.39, 0.29) is 29.0 Å². The third-order valence-corrected chi connectivity index (χ3v) is 5.15. The summed E-state index contributed by atoms with van der Waals surface area (Å²) in [6.07, 6.45) is 2.57. The van der Waals surface area contributed by atoms with Crippen molar-refractivity contribution in [3.63, 3.8) is 0 Å². The summed E-state index contributed by atoms with van der Waals surface area (Å²) in [4.78, 5) is 35.9. The zero-order valence-electron chi connectivity index (χ0n) is 17.3. The number of nitrogens with zero attached hydrogens (tertiary/aromatic N) is 2.